The van der Waals surface area contributed by atoms with Gasteiger partial charge in [0.05, 0.1) is 35.1 Å². The highest BCUT2D eigenvalue weighted by molar-refractivity contribution is 6.35. The maximum Gasteiger partial charge on any atom is 0.352 e. The molecule has 0 bridgehead atoms. The number of nitrogens with one attached hydrogen (secondary N) is 1. The molecular formula is C28H20ClFN4O3. The molecule has 0 unspecified atom stereocenters. The SMILES string of the molecule is O=C(O)c1[nH]c2c(-c3cnn4ccncc34)c(Cl)ccc2c1CCCOc1cccc2cc(F)ccc12. The highest BCUT2D eigenvalue weighted by Gasteiger charge is 2.22. The fourth-order valence-electron chi connectivity index (χ4n) is 4.81. The highest BCUT2D eigenvalue weighted by Crippen LogP contribution is 2.39. The van der Waals surface area contributed by atoms with E-state index in [9.17, 15) is 14.3 Å². The number of hydrogen-bond acceptors (Lipinski definition) is 4. The van der Waals surface area contributed by atoms with Crippen LogP contribution in [0.1, 0.15) is 22.5 Å². The number of fused-ring (bicyclic) bond motifs is 3. The van der Waals surface area contributed by atoms with Crippen molar-refractivity contribution < 1.29 is 19.0 Å². The molecule has 0 aliphatic rings. The first-order chi connectivity index (χ1) is 18.0. The molecule has 0 saturated heterocycles. The number of ether oxygens (including phenoxy) is 1. The van der Waals surface area contributed by atoms with Crippen LogP contribution >= 0.6 is 11.6 Å². The molecule has 7 nitrogen and oxygen atoms in total. The predicted molar refractivity (Wildman–Crippen MR) is 140 cm³/mol. The zero-order valence-corrected chi connectivity index (χ0v) is 20.2. The van der Waals surface area contributed by atoms with E-state index in [1.54, 1.807) is 41.4 Å². The van der Waals surface area contributed by atoms with E-state index in [4.69, 9.17) is 16.3 Å². The van der Waals surface area contributed by atoms with E-state index in [0.29, 0.717) is 46.9 Å². The lowest BCUT2D eigenvalue weighted by Gasteiger charge is -2.10. The van der Waals surface area contributed by atoms with Crippen LogP contribution in [0.5, 0.6) is 5.75 Å². The predicted octanol–water partition coefficient (Wildman–Crippen LogP) is 6.53. The van der Waals surface area contributed by atoms with Crippen molar-refractivity contribution in [1.29, 1.82) is 0 Å². The second kappa shape index (κ2) is 9.22. The first-order valence-electron chi connectivity index (χ1n) is 11.7. The third-order valence-corrected chi connectivity index (χ3v) is 6.79. The number of aryl methyl sites for hydroxylation is 1. The number of halogens is 2. The first-order valence-corrected chi connectivity index (χ1v) is 12.0. The highest BCUT2D eigenvalue weighted by atomic mass is 35.5. The molecule has 0 saturated carbocycles. The van der Waals surface area contributed by atoms with E-state index in [-0.39, 0.29) is 11.5 Å². The summed E-state index contributed by atoms with van der Waals surface area (Å²) in [4.78, 5) is 19.4. The molecule has 3 aromatic heterocycles. The molecule has 0 spiro atoms. The van der Waals surface area contributed by atoms with Crippen LogP contribution in [0.4, 0.5) is 4.39 Å². The number of aromatic carboxylic acids is 1. The molecule has 0 atom stereocenters. The number of carboxylic acid groups (broad SMARTS) is 1. The van der Waals surface area contributed by atoms with E-state index in [0.717, 1.165) is 27.2 Å². The number of nitrogens with zero attached hydrogens (tertiary/aromatic N) is 3. The molecule has 0 amide bonds. The minimum atomic E-state index is -1.05. The average molecular weight is 515 g/mol. The van der Waals surface area contributed by atoms with Crippen LogP contribution in [-0.4, -0.2) is 37.3 Å². The van der Waals surface area contributed by atoms with Crippen molar-refractivity contribution in [2.24, 2.45) is 0 Å². The summed E-state index contributed by atoms with van der Waals surface area (Å²) in [5.74, 6) is -0.692. The zero-order chi connectivity index (χ0) is 25.5. The lowest BCUT2D eigenvalue weighted by molar-refractivity contribution is 0.0690. The third-order valence-electron chi connectivity index (χ3n) is 6.47. The monoisotopic (exact) mass is 514 g/mol. The van der Waals surface area contributed by atoms with E-state index >= 15 is 0 Å². The molecule has 6 rings (SSSR count). The summed E-state index contributed by atoms with van der Waals surface area (Å²) in [6.07, 6.45) is 7.81. The molecule has 37 heavy (non-hydrogen) atoms. The van der Waals surface area contributed by atoms with Gasteiger partial charge in [-0.15, -0.1) is 0 Å². The largest absolute Gasteiger partial charge is 0.493 e. The van der Waals surface area contributed by atoms with Crippen molar-refractivity contribution in [1.82, 2.24) is 19.6 Å². The summed E-state index contributed by atoms with van der Waals surface area (Å²) in [5, 5.41) is 17.2. The summed E-state index contributed by atoms with van der Waals surface area (Å²) in [7, 11) is 0. The van der Waals surface area contributed by atoms with Crippen molar-refractivity contribution in [2.45, 2.75) is 12.8 Å². The summed E-state index contributed by atoms with van der Waals surface area (Å²) >= 11 is 6.62. The summed E-state index contributed by atoms with van der Waals surface area (Å²) in [6.45, 7) is 0.363. The van der Waals surface area contributed by atoms with Gasteiger partial charge in [-0.3, -0.25) is 4.98 Å². The van der Waals surface area contributed by atoms with Gasteiger partial charge in [0.1, 0.15) is 17.3 Å². The molecule has 3 aromatic carbocycles. The van der Waals surface area contributed by atoms with Gasteiger partial charge < -0.3 is 14.8 Å². The van der Waals surface area contributed by atoms with Gasteiger partial charge in [-0.1, -0.05) is 29.8 Å². The number of carboxylic acids is 1. The Morgan fingerprint density at radius 1 is 1.14 bits per heavy atom. The van der Waals surface area contributed by atoms with E-state index < -0.39 is 5.97 Å². The van der Waals surface area contributed by atoms with Crippen molar-refractivity contribution in [3.8, 4) is 16.9 Å². The molecule has 0 fully saturated rings. The van der Waals surface area contributed by atoms with Gasteiger partial charge in [0.15, 0.2) is 0 Å². The van der Waals surface area contributed by atoms with Crippen LogP contribution in [0.2, 0.25) is 5.02 Å². The Hall–Kier alpha value is -4.43. The molecule has 0 radical (unpaired) electrons. The van der Waals surface area contributed by atoms with Gasteiger partial charge in [0, 0.05) is 34.3 Å². The van der Waals surface area contributed by atoms with E-state index in [1.807, 2.05) is 24.3 Å². The van der Waals surface area contributed by atoms with Gasteiger partial charge in [0.2, 0.25) is 0 Å². The molecular weight excluding hydrogens is 495 g/mol. The van der Waals surface area contributed by atoms with Crippen LogP contribution in [0.25, 0.3) is 38.3 Å². The van der Waals surface area contributed by atoms with Crippen molar-refractivity contribution in [3.63, 3.8) is 0 Å². The summed E-state index contributed by atoms with van der Waals surface area (Å²) < 4.78 is 21.3. The lowest BCUT2D eigenvalue weighted by Crippen LogP contribution is -2.04. The number of H-pyrrole nitrogens is 1. The van der Waals surface area contributed by atoms with Crippen LogP contribution in [0.15, 0.2) is 73.3 Å². The Morgan fingerprint density at radius 3 is 2.86 bits per heavy atom. The van der Waals surface area contributed by atoms with Crippen LogP contribution in [0, 0.1) is 5.82 Å². The number of benzene rings is 3. The fraction of sp³-hybridized carbons (Fsp3) is 0.107. The standard InChI is InChI=1S/C28H20ClFN4O3/c29-22-9-8-20-19(4-2-12-37-24-5-1-3-16-13-17(30)6-7-18(16)24)27(28(35)36)33-26(20)25(22)21-14-32-34-11-10-31-15-23(21)34/h1,3,5-11,13-15,33H,2,4,12H2,(H,35,36). The Morgan fingerprint density at radius 2 is 2.00 bits per heavy atom. The van der Waals surface area contributed by atoms with Gasteiger partial charge >= 0.3 is 5.97 Å². The number of rotatable bonds is 7. The topological polar surface area (TPSA) is 92.5 Å². The second-order valence-corrected chi connectivity index (χ2v) is 9.07. The first kappa shape index (κ1) is 23.0. The Labute approximate surface area is 215 Å². The molecule has 9 heteroatoms. The molecule has 184 valence electrons. The molecule has 6 aromatic rings. The van der Waals surface area contributed by atoms with Crippen LogP contribution in [-0.2, 0) is 6.42 Å². The molecule has 3 heterocycles. The number of carbonyl (C=O) groups is 1. The lowest BCUT2D eigenvalue weighted by atomic mass is 10.0. The van der Waals surface area contributed by atoms with Gasteiger partial charge in [-0.05, 0) is 54.1 Å². The Bertz CT molecular complexity index is 1810. The minimum absolute atomic E-state index is 0.119. The third kappa shape index (κ3) is 4.05. The minimum Gasteiger partial charge on any atom is -0.493 e. The quantitative estimate of drug-likeness (QED) is 0.236. The summed E-state index contributed by atoms with van der Waals surface area (Å²) in [5.41, 5.74) is 3.62. The summed E-state index contributed by atoms with van der Waals surface area (Å²) in [6, 6.07) is 13.7. The molecule has 2 N–H and O–H groups in total. The van der Waals surface area contributed by atoms with E-state index in [1.165, 1.54) is 12.1 Å². The fourth-order valence-corrected chi connectivity index (χ4v) is 5.07. The Balaban J connectivity index is 1.32. The molecule has 0 aliphatic heterocycles. The zero-order valence-electron chi connectivity index (χ0n) is 19.4. The van der Waals surface area contributed by atoms with E-state index in [2.05, 4.69) is 15.1 Å². The molecule has 0 aliphatic carbocycles. The normalized spacial score (nSPS) is 11.5. The van der Waals surface area contributed by atoms with Gasteiger partial charge in [-0.2, -0.15) is 5.10 Å². The number of aromatic nitrogens is 4. The van der Waals surface area contributed by atoms with Crippen LogP contribution < -0.4 is 4.74 Å². The van der Waals surface area contributed by atoms with Crippen LogP contribution in [0.3, 0.4) is 0 Å². The van der Waals surface area contributed by atoms with Gasteiger partial charge in [0.25, 0.3) is 0 Å². The van der Waals surface area contributed by atoms with Gasteiger partial charge in [-0.25, -0.2) is 13.7 Å². The maximum absolute atomic E-state index is 13.6. The van der Waals surface area contributed by atoms with Crippen molar-refractivity contribution >= 4 is 44.8 Å². The number of hydrogen-bond donors (Lipinski definition) is 2. The van der Waals surface area contributed by atoms with Crippen molar-refractivity contribution in [2.75, 3.05) is 6.61 Å². The number of aromatic amines is 1. The Kier molecular flexibility index (Phi) is 5.73. The van der Waals surface area contributed by atoms with Crippen molar-refractivity contribution in [3.05, 3.63) is 95.4 Å². The second-order valence-electron chi connectivity index (χ2n) is 8.67. The smallest absolute Gasteiger partial charge is 0.352 e. The average Bonchev–Trinajstić information content (AvgIpc) is 3.48. The maximum atomic E-state index is 13.6.